The van der Waals surface area contributed by atoms with E-state index in [4.69, 9.17) is 4.74 Å². The van der Waals surface area contributed by atoms with Crippen LogP contribution in [0.2, 0.25) is 0 Å². The van der Waals surface area contributed by atoms with E-state index < -0.39 is 18.5 Å². The monoisotopic (exact) mass is 416 g/mol. The number of nitrogens with one attached hydrogen (secondary N) is 1. The topological polar surface area (TPSA) is 94.1 Å². The van der Waals surface area contributed by atoms with E-state index in [1.165, 1.54) is 29.9 Å². The number of hydrogen-bond donors (Lipinski definition) is 1. The average molecular weight is 416 g/mol. The molecule has 0 spiro atoms. The van der Waals surface area contributed by atoms with Crippen molar-refractivity contribution < 1.29 is 14.3 Å². The van der Waals surface area contributed by atoms with Gasteiger partial charge in [0.05, 0.1) is 11.9 Å². The van der Waals surface area contributed by atoms with E-state index in [0.29, 0.717) is 5.13 Å². The van der Waals surface area contributed by atoms with Gasteiger partial charge in [-0.05, 0) is 11.1 Å². The van der Waals surface area contributed by atoms with Crippen LogP contribution >= 0.6 is 11.3 Å². The van der Waals surface area contributed by atoms with E-state index in [1.807, 2.05) is 47.8 Å². The van der Waals surface area contributed by atoms with Crippen molar-refractivity contribution in [3.63, 3.8) is 0 Å². The minimum absolute atomic E-state index is 0.0424. The van der Waals surface area contributed by atoms with Crippen LogP contribution in [-0.2, 0) is 9.53 Å². The maximum absolute atomic E-state index is 12.0. The fourth-order valence-corrected chi connectivity index (χ4v) is 3.43. The van der Waals surface area contributed by atoms with Crippen molar-refractivity contribution in [2.24, 2.45) is 0 Å². The van der Waals surface area contributed by atoms with E-state index >= 15 is 0 Å². The van der Waals surface area contributed by atoms with Crippen molar-refractivity contribution >= 4 is 28.3 Å². The van der Waals surface area contributed by atoms with Gasteiger partial charge in [0, 0.05) is 23.3 Å². The summed E-state index contributed by atoms with van der Waals surface area (Å²) in [5.41, 5.74) is 4.01. The minimum Gasteiger partial charge on any atom is -0.451 e. The van der Waals surface area contributed by atoms with Crippen LogP contribution in [0, 0.1) is 0 Å². The second kappa shape index (κ2) is 9.06. The number of carbonyl (C=O) groups excluding carboxylic acids is 2. The lowest BCUT2D eigenvalue weighted by molar-refractivity contribution is -0.119. The van der Waals surface area contributed by atoms with Crippen LogP contribution in [0.3, 0.4) is 0 Å². The van der Waals surface area contributed by atoms with Gasteiger partial charge in [0.2, 0.25) is 0 Å². The second-order valence-corrected chi connectivity index (χ2v) is 7.05. The summed E-state index contributed by atoms with van der Waals surface area (Å²) in [6.45, 7) is -0.434. The van der Waals surface area contributed by atoms with Gasteiger partial charge in [0.15, 0.2) is 17.4 Å². The molecule has 0 bridgehead atoms. The molecule has 0 atom stereocenters. The van der Waals surface area contributed by atoms with Crippen molar-refractivity contribution in [2.45, 2.75) is 0 Å². The molecule has 1 amide bonds. The Hall–Kier alpha value is -3.91. The van der Waals surface area contributed by atoms with Crippen molar-refractivity contribution in [3.05, 3.63) is 84.3 Å². The summed E-state index contributed by atoms with van der Waals surface area (Å²) >= 11 is 1.30. The molecule has 7 nitrogen and oxygen atoms in total. The maximum Gasteiger partial charge on any atom is 0.359 e. The largest absolute Gasteiger partial charge is 0.451 e. The first-order valence-corrected chi connectivity index (χ1v) is 9.91. The zero-order chi connectivity index (χ0) is 20.8. The number of benzene rings is 2. The number of anilines is 1. The van der Waals surface area contributed by atoms with Gasteiger partial charge in [-0.25, -0.2) is 14.8 Å². The van der Waals surface area contributed by atoms with Gasteiger partial charge >= 0.3 is 5.97 Å². The number of hydrogen-bond acceptors (Lipinski definition) is 7. The van der Waals surface area contributed by atoms with Crippen molar-refractivity contribution in [2.75, 3.05) is 11.9 Å². The number of rotatable bonds is 6. The zero-order valence-electron chi connectivity index (χ0n) is 15.7. The molecule has 1 N–H and O–H groups in total. The lowest BCUT2D eigenvalue weighted by atomic mass is 10.0. The highest BCUT2D eigenvalue weighted by Crippen LogP contribution is 2.27. The minimum atomic E-state index is -0.711. The molecular weight excluding hydrogens is 400 g/mol. The fraction of sp³-hybridized carbons (Fsp3) is 0.0455. The average Bonchev–Trinajstić information content (AvgIpc) is 3.27. The van der Waals surface area contributed by atoms with Gasteiger partial charge in [-0.3, -0.25) is 15.1 Å². The van der Waals surface area contributed by atoms with E-state index in [1.54, 1.807) is 0 Å². The molecular formula is C22H16N4O3S. The Kier molecular flexibility index (Phi) is 5.86. The third-order valence-electron chi connectivity index (χ3n) is 4.14. The molecule has 4 rings (SSSR count). The quantitative estimate of drug-likeness (QED) is 0.476. The number of nitrogens with zero attached hydrogens (tertiary/aromatic N) is 3. The molecule has 0 unspecified atom stereocenters. The Morgan fingerprint density at radius 3 is 2.40 bits per heavy atom. The first-order chi connectivity index (χ1) is 14.7. The van der Waals surface area contributed by atoms with E-state index in [2.05, 4.69) is 32.4 Å². The first-order valence-electron chi connectivity index (χ1n) is 9.03. The first kappa shape index (κ1) is 19.4. The number of esters is 1. The Morgan fingerprint density at radius 1 is 0.933 bits per heavy atom. The van der Waals surface area contributed by atoms with Crippen LogP contribution in [0.15, 0.2) is 78.6 Å². The van der Waals surface area contributed by atoms with E-state index in [0.717, 1.165) is 22.4 Å². The van der Waals surface area contributed by atoms with Gasteiger partial charge in [0.1, 0.15) is 0 Å². The Labute approximate surface area is 176 Å². The Balaban J connectivity index is 1.35. The van der Waals surface area contributed by atoms with Gasteiger partial charge in [-0.1, -0.05) is 54.6 Å². The van der Waals surface area contributed by atoms with E-state index in [-0.39, 0.29) is 5.69 Å². The van der Waals surface area contributed by atoms with Gasteiger partial charge in [-0.2, -0.15) is 0 Å². The van der Waals surface area contributed by atoms with Crippen LogP contribution in [0.4, 0.5) is 5.13 Å². The van der Waals surface area contributed by atoms with Crippen molar-refractivity contribution in [1.29, 1.82) is 0 Å². The molecule has 148 valence electrons. The Bertz CT molecular complexity index is 1150. The molecule has 0 radical (unpaired) electrons. The third-order valence-corrected chi connectivity index (χ3v) is 4.90. The van der Waals surface area contributed by atoms with Gasteiger partial charge in [0.25, 0.3) is 5.91 Å². The molecule has 0 aliphatic carbocycles. The lowest BCUT2D eigenvalue weighted by Gasteiger charge is -2.04. The predicted octanol–water partition coefficient (Wildman–Crippen LogP) is 4.06. The number of aromatic nitrogens is 3. The highest BCUT2D eigenvalue weighted by Gasteiger charge is 2.13. The van der Waals surface area contributed by atoms with Crippen LogP contribution in [0.25, 0.3) is 22.4 Å². The summed E-state index contributed by atoms with van der Waals surface area (Å²) in [4.78, 5) is 35.9. The maximum atomic E-state index is 12.0. The molecule has 0 fully saturated rings. The van der Waals surface area contributed by atoms with Crippen LogP contribution in [-0.4, -0.2) is 33.4 Å². The SMILES string of the molecule is O=C(COC(=O)c1cnccn1)Nc1nc(-c2ccc(-c3ccccc3)cc2)cs1. The summed E-state index contributed by atoms with van der Waals surface area (Å²) in [6, 6.07) is 18.2. The van der Waals surface area contributed by atoms with Crippen molar-refractivity contribution in [1.82, 2.24) is 15.0 Å². The summed E-state index contributed by atoms with van der Waals surface area (Å²) in [6.07, 6.45) is 4.09. The highest BCUT2D eigenvalue weighted by molar-refractivity contribution is 7.14. The highest BCUT2D eigenvalue weighted by atomic mass is 32.1. The predicted molar refractivity (Wildman–Crippen MR) is 114 cm³/mol. The number of carbonyl (C=O) groups is 2. The Morgan fingerprint density at radius 2 is 1.67 bits per heavy atom. The summed E-state index contributed by atoms with van der Waals surface area (Å²) in [5.74, 6) is -1.19. The molecule has 2 aromatic heterocycles. The van der Waals surface area contributed by atoms with Crippen LogP contribution < -0.4 is 5.32 Å². The van der Waals surface area contributed by atoms with Gasteiger partial charge in [-0.15, -0.1) is 11.3 Å². The smallest absolute Gasteiger partial charge is 0.359 e. The fourth-order valence-electron chi connectivity index (χ4n) is 2.69. The lowest BCUT2D eigenvalue weighted by Crippen LogP contribution is -2.21. The number of thiazole rings is 1. The molecule has 4 aromatic rings. The molecule has 0 aliphatic heterocycles. The van der Waals surface area contributed by atoms with Crippen LogP contribution in [0.1, 0.15) is 10.5 Å². The number of ether oxygens (including phenoxy) is 1. The molecule has 2 heterocycles. The van der Waals surface area contributed by atoms with Crippen LogP contribution in [0.5, 0.6) is 0 Å². The zero-order valence-corrected chi connectivity index (χ0v) is 16.5. The molecule has 30 heavy (non-hydrogen) atoms. The molecule has 8 heteroatoms. The summed E-state index contributed by atoms with van der Waals surface area (Å²) in [7, 11) is 0. The molecule has 0 saturated heterocycles. The van der Waals surface area contributed by atoms with Crippen molar-refractivity contribution in [3.8, 4) is 22.4 Å². The molecule has 2 aromatic carbocycles. The third kappa shape index (κ3) is 4.73. The second-order valence-electron chi connectivity index (χ2n) is 6.20. The normalized spacial score (nSPS) is 10.4. The number of amides is 1. The summed E-state index contributed by atoms with van der Waals surface area (Å²) < 4.78 is 4.93. The standard InChI is InChI=1S/C22H16N4O3S/c27-20(13-29-21(28)18-12-23-10-11-24-18)26-22-25-19(14-30-22)17-8-6-16(7-9-17)15-4-2-1-3-5-15/h1-12,14H,13H2,(H,25,26,27). The van der Waals surface area contributed by atoms with Gasteiger partial charge < -0.3 is 4.74 Å². The van der Waals surface area contributed by atoms with E-state index in [9.17, 15) is 9.59 Å². The summed E-state index contributed by atoms with van der Waals surface area (Å²) in [5, 5.41) is 4.92. The molecule has 0 aliphatic rings. The molecule has 0 saturated carbocycles.